The van der Waals surface area contributed by atoms with E-state index in [1.165, 1.54) is 18.2 Å². The van der Waals surface area contributed by atoms with Crippen molar-refractivity contribution in [3.63, 3.8) is 0 Å². The molecule has 0 aliphatic carbocycles. The molecule has 1 fully saturated rings. The van der Waals surface area contributed by atoms with Gasteiger partial charge in [-0.25, -0.2) is 21.9 Å². The number of sulfonamides is 1. The summed E-state index contributed by atoms with van der Waals surface area (Å²) in [6.45, 7) is 2.91. The minimum absolute atomic E-state index is 0.0332. The van der Waals surface area contributed by atoms with E-state index in [-0.39, 0.29) is 23.9 Å². The molecule has 0 unspecified atom stereocenters. The van der Waals surface area contributed by atoms with E-state index >= 15 is 0 Å². The van der Waals surface area contributed by atoms with Crippen molar-refractivity contribution in [3.05, 3.63) is 35.4 Å². The maximum Gasteiger partial charge on any atom is 0.211 e. The van der Waals surface area contributed by atoms with Crippen LogP contribution >= 0.6 is 0 Å². The Kier molecular flexibility index (Phi) is 5.29. The number of nitrogens with zero attached hydrogens (tertiary/aromatic N) is 1. The lowest BCUT2D eigenvalue weighted by Crippen LogP contribution is -2.47. The van der Waals surface area contributed by atoms with Crippen LogP contribution in [0.3, 0.4) is 0 Å². The van der Waals surface area contributed by atoms with Crippen molar-refractivity contribution in [1.82, 2.24) is 9.62 Å². The molecule has 1 N–H and O–H groups in total. The third-order valence-corrected chi connectivity index (χ3v) is 5.13. The Hall–Kier alpha value is -1.05. The zero-order valence-corrected chi connectivity index (χ0v) is 12.8. The van der Waals surface area contributed by atoms with E-state index in [0.717, 1.165) is 12.8 Å². The Morgan fingerprint density at radius 3 is 2.62 bits per heavy atom. The molecule has 1 aliphatic rings. The van der Waals surface area contributed by atoms with E-state index in [0.29, 0.717) is 13.1 Å². The first-order valence-electron chi connectivity index (χ1n) is 7.06. The zero-order valence-electron chi connectivity index (χ0n) is 12.0. The van der Waals surface area contributed by atoms with Crippen molar-refractivity contribution >= 4 is 10.0 Å². The Morgan fingerprint density at radius 2 is 2.00 bits per heavy atom. The van der Waals surface area contributed by atoms with E-state index in [4.69, 9.17) is 0 Å². The van der Waals surface area contributed by atoms with Crippen LogP contribution in [-0.2, 0) is 16.6 Å². The van der Waals surface area contributed by atoms with Gasteiger partial charge in [0.05, 0.1) is 5.75 Å². The lowest BCUT2D eigenvalue weighted by molar-refractivity contribution is 0.190. The van der Waals surface area contributed by atoms with Gasteiger partial charge in [-0.1, -0.05) is 6.07 Å². The van der Waals surface area contributed by atoms with Crippen molar-refractivity contribution in [2.24, 2.45) is 0 Å². The van der Waals surface area contributed by atoms with Gasteiger partial charge in [0.1, 0.15) is 11.6 Å². The van der Waals surface area contributed by atoms with Crippen molar-refractivity contribution in [3.8, 4) is 0 Å². The summed E-state index contributed by atoms with van der Waals surface area (Å²) in [7, 11) is -3.26. The summed E-state index contributed by atoms with van der Waals surface area (Å²) in [4.78, 5) is 1.88. The lowest BCUT2D eigenvalue weighted by Gasteiger charge is -2.33. The monoisotopic (exact) mass is 318 g/mol. The Balaban J connectivity index is 2.02. The molecule has 1 saturated heterocycles. The van der Waals surface area contributed by atoms with E-state index in [9.17, 15) is 17.2 Å². The van der Waals surface area contributed by atoms with E-state index in [1.54, 1.807) is 6.92 Å². The van der Waals surface area contributed by atoms with Gasteiger partial charge < -0.3 is 0 Å². The lowest BCUT2D eigenvalue weighted by atomic mass is 10.1. The number of likely N-dealkylation sites (tertiary alicyclic amines) is 1. The zero-order chi connectivity index (χ0) is 15.5. The average Bonchev–Trinajstić information content (AvgIpc) is 2.43. The fraction of sp³-hybridized carbons (Fsp3) is 0.571. The number of hydrogen-bond donors (Lipinski definition) is 1. The van der Waals surface area contributed by atoms with Crippen LogP contribution in [0.2, 0.25) is 0 Å². The quantitative estimate of drug-likeness (QED) is 0.902. The maximum absolute atomic E-state index is 13.7. The highest BCUT2D eigenvalue weighted by Gasteiger charge is 2.24. The molecule has 0 saturated carbocycles. The molecule has 21 heavy (non-hydrogen) atoms. The summed E-state index contributed by atoms with van der Waals surface area (Å²) in [6.07, 6.45) is 1.54. The maximum atomic E-state index is 13.7. The number of hydrogen-bond acceptors (Lipinski definition) is 3. The summed E-state index contributed by atoms with van der Waals surface area (Å²) in [5.41, 5.74) is 0.0384. The van der Waals surface area contributed by atoms with Gasteiger partial charge in [0, 0.05) is 24.7 Å². The Morgan fingerprint density at radius 1 is 1.33 bits per heavy atom. The molecular formula is C14H20F2N2O2S. The van der Waals surface area contributed by atoms with Crippen LogP contribution in [0.25, 0.3) is 0 Å². The molecule has 0 aromatic heterocycles. The van der Waals surface area contributed by atoms with Gasteiger partial charge in [0.15, 0.2) is 0 Å². The first-order chi connectivity index (χ1) is 9.91. The SMILES string of the molecule is CCS(=O)(=O)N[C@H]1CCCN(Cc2c(F)cccc2F)C1. The summed E-state index contributed by atoms with van der Waals surface area (Å²) >= 11 is 0. The van der Waals surface area contributed by atoms with Gasteiger partial charge in [0.2, 0.25) is 10.0 Å². The molecule has 0 radical (unpaired) electrons. The van der Waals surface area contributed by atoms with Crippen LogP contribution in [0.4, 0.5) is 8.78 Å². The Bertz CT molecular complexity index is 572. The molecule has 118 valence electrons. The molecule has 1 aromatic carbocycles. The molecule has 1 heterocycles. The van der Waals surface area contributed by atoms with E-state index in [1.807, 2.05) is 4.90 Å². The van der Waals surface area contributed by atoms with Gasteiger partial charge in [-0.3, -0.25) is 4.90 Å². The molecule has 4 nitrogen and oxygen atoms in total. The Labute approximate surface area is 124 Å². The smallest absolute Gasteiger partial charge is 0.211 e. The number of halogens is 2. The first-order valence-corrected chi connectivity index (χ1v) is 8.71. The molecule has 1 aromatic rings. The van der Waals surface area contributed by atoms with Crippen LogP contribution in [0, 0.1) is 11.6 Å². The number of nitrogens with one attached hydrogen (secondary N) is 1. The standard InChI is InChI=1S/C14H20F2N2O2S/c1-2-21(19,20)17-11-5-4-8-18(9-11)10-12-13(15)6-3-7-14(12)16/h3,6-7,11,17H,2,4-5,8-10H2,1H3/t11-/m0/s1. The highest BCUT2D eigenvalue weighted by atomic mass is 32.2. The second-order valence-corrected chi connectivity index (χ2v) is 7.34. The second kappa shape index (κ2) is 6.81. The van der Waals surface area contributed by atoms with Crippen molar-refractivity contribution in [1.29, 1.82) is 0 Å². The molecular weight excluding hydrogens is 298 g/mol. The molecule has 1 aliphatic heterocycles. The highest BCUT2D eigenvalue weighted by Crippen LogP contribution is 2.18. The molecule has 0 spiro atoms. The minimum atomic E-state index is -3.26. The molecule has 0 amide bonds. The third-order valence-electron chi connectivity index (χ3n) is 3.68. The summed E-state index contributed by atoms with van der Waals surface area (Å²) in [6, 6.07) is 3.61. The molecule has 2 rings (SSSR count). The van der Waals surface area contributed by atoms with Crippen LogP contribution in [0.15, 0.2) is 18.2 Å². The van der Waals surface area contributed by atoms with Crippen LogP contribution in [0.5, 0.6) is 0 Å². The predicted molar refractivity (Wildman–Crippen MR) is 77.3 cm³/mol. The summed E-state index contributed by atoms with van der Waals surface area (Å²) in [5, 5.41) is 0. The van der Waals surface area contributed by atoms with Crippen molar-refractivity contribution in [2.75, 3.05) is 18.8 Å². The van der Waals surface area contributed by atoms with E-state index < -0.39 is 21.7 Å². The average molecular weight is 318 g/mol. The number of rotatable bonds is 5. The van der Waals surface area contributed by atoms with Gasteiger partial charge in [0.25, 0.3) is 0 Å². The van der Waals surface area contributed by atoms with E-state index in [2.05, 4.69) is 4.72 Å². The van der Waals surface area contributed by atoms with Gasteiger partial charge >= 0.3 is 0 Å². The molecule has 7 heteroatoms. The second-order valence-electron chi connectivity index (χ2n) is 5.30. The van der Waals surface area contributed by atoms with Crippen molar-refractivity contribution < 1.29 is 17.2 Å². The van der Waals surface area contributed by atoms with Gasteiger partial charge in [-0.2, -0.15) is 0 Å². The minimum Gasteiger partial charge on any atom is -0.297 e. The van der Waals surface area contributed by atoms with Gasteiger partial charge in [-0.05, 0) is 38.4 Å². The van der Waals surface area contributed by atoms with Crippen LogP contribution in [-0.4, -0.2) is 38.2 Å². The van der Waals surface area contributed by atoms with Gasteiger partial charge in [-0.15, -0.1) is 0 Å². The fourth-order valence-corrected chi connectivity index (χ4v) is 3.41. The highest BCUT2D eigenvalue weighted by molar-refractivity contribution is 7.89. The van der Waals surface area contributed by atoms with Crippen LogP contribution in [0.1, 0.15) is 25.3 Å². The third kappa shape index (κ3) is 4.46. The normalized spacial score (nSPS) is 20.6. The predicted octanol–water partition coefficient (Wildman–Crippen LogP) is 1.87. The number of benzene rings is 1. The summed E-state index contributed by atoms with van der Waals surface area (Å²) < 4.78 is 53.1. The largest absolute Gasteiger partial charge is 0.297 e. The summed E-state index contributed by atoms with van der Waals surface area (Å²) in [5.74, 6) is -1.09. The molecule has 1 atom stereocenters. The van der Waals surface area contributed by atoms with Crippen LogP contribution < -0.4 is 4.72 Å². The first kappa shape index (κ1) is 16.3. The van der Waals surface area contributed by atoms with Crippen molar-refractivity contribution in [2.45, 2.75) is 32.4 Å². The number of piperidine rings is 1. The molecule has 0 bridgehead atoms. The topological polar surface area (TPSA) is 49.4 Å². The fourth-order valence-electron chi connectivity index (χ4n) is 2.54.